The maximum Gasteiger partial charge on any atom is 0.421 e. The van der Waals surface area contributed by atoms with Gasteiger partial charge in [0.2, 0.25) is 11.9 Å². The summed E-state index contributed by atoms with van der Waals surface area (Å²) < 4.78 is 69.5. The minimum absolute atomic E-state index is 0.0868. The van der Waals surface area contributed by atoms with Gasteiger partial charge in [-0.05, 0) is 23.8 Å². The molecule has 1 aliphatic heterocycles. The van der Waals surface area contributed by atoms with Crippen molar-refractivity contribution in [3.05, 3.63) is 35.5 Å². The van der Waals surface area contributed by atoms with Crippen molar-refractivity contribution >= 4 is 51.0 Å². The summed E-state index contributed by atoms with van der Waals surface area (Å²) >= 11 is 0. The third kappa shape index (κ3) is 4.55. The van der Waals surface area contributed by atoms with Gasteiger partial charge in [-0.25, -0.2) is 4.98 Å². The van der Waals surface area contributed by atoms with Gasteiger partial charge in [-0.2, -0.15) is 26.6 Å². The van der Waals surface area contributed by atoms with E-state index in [1.54, 1.807) is 6.07 Å². The highest BCUT2D eigenvalue weighted by molar-refractivity contribution is 7.89. The average molecular weight is 503 g/mol. The Kier molecular flexibility index (Phi) is 6.10. The van der Waals surface area contributed by atoms with Crippen molar-refractivity contribution in [3.63, 3.8) is 0 Å². The Morgan fingerprint density at radius 2 is 1.85 bits per heavy atom. The normalized spacial score (nSPS) is 13.7. The van der Waals surface area contributed by atoms with Crippen molar-refractivity contribution in [2.45, 2.75) is 17.3 Å². The molecule has 1 aromatic carbocycles. The number of hydrogen-bond donors (Lipinski definition) is 6. The van der Waals surface area contributed by atoms with Crippen LogP contribution in [0.15, 0.2) is 24.4 Å². The fraction of sp³-hybridized carbons (Fsp3) is 0.235. The Morgan fingerprint density at radius 3 is 2.41 bits per heavy atom. The number of fused-ring (bicyclic) bond motifs is 1. The fourth-order valence-corrected chi connectivity index (χ4v) is 3.83. The molecule has 182 valence electrons. The fourth-order valence-electron chi connectivity index (χ4n) is 3.07. The number of nitrogens with one attached hydrogen (secondary N) is 3. The second-order valence-corrected chi connectivity index (χ2v) is 8.71. The van der Waals surface area contributed by atoms with Gasteiger partial charge in [-0.1, -0.05) is 0 Å². The van der Waals surface area contributed by atoms with Crippen molar-refractivity contribution in [1.29, 1.82) is 0 Å². The van der Waals surface area contributed by atoms with Crippen LogP contribution in [-0.2, 0) is 37.1 Å². The van der Waals surface area contributed by atoms with Gasteiger partial charge in [0, 0.05) is 17.6 Å². The zero-order valence-electron chi connectivity index (χ0n) is 16.8. The Hall–Kier alpha value is -3.99. The zero-order chi connectivity index (χ0) is 25.5. The van der Waals surface area contributed by atoms with Gasteiger partial charge in [0.25, 0.3) is 26.7 Å². The topological polar surface area (TPSA) is 219 Å². The van der Waals surface area contributed by atoms with Crippen LogP contribution >= 0.6 is 0 Å². The highest BCUT2D eigenvalue weighted by atomic mass is 32.2. The lowest BCUT2D eigenvalue weighted by atomic mass is 10.1. The van der Waals surface area contributed by atoms with Gasteiger partial charge in [0.1, 0.15) is 11.4 Å². The lowest BCUT2D eigenvalue weighted by Gasteiger charge is -2.25. The van der Waals surface area contributed by atoms with Crippen molar-refractivity contribution < 1.29 is 40.5 Å². The standard InChI is InChI=1S/C17H16F3N7O6S/c18-17(19,20)9-5-23-15(25-8-1-2-10-7(3-8)4-11(28)26-10)27-12(9)24-6-16(13(21)29,14(22)30)34(31,32)33/h1-3,5H,4,6H2,(H2,21,29)(H2,22,30)(H,26,28)(H,31,32,33)(H2,23,24,25,27). The number of nitrogens with zero attached hydrogens (tertiary/aromatic N) is 2. The number of alkyl halides is 3. The molecule has 0 fully saturated rings. The summed E-state index contributed by atoms with van der Waals surface area (Å²) in [4.78, 5) is 42.0. The van der Waals surface area contributed by atoms with Crippen molar-refractivity contribution in [2.24, 2.45) is 11.5 Å². The molecule has 3 amide bonds. The molecule has 13 nitrogen and oxygen atoms in total. The number of aromatic nitrogens is 2. The largest absolute Gasteiger partial charge is 0.421 e. The minimum Gasteiger partial charge on any atom is -0.368 e. The average Bonchev–Trinajstić information content (AvgIpc) is 3.05. The molecule has 0 atom stereocenters. The van der Waals surface area contributed by atoms with Crippen LogP contribution in [0.5, 0.6) is 0 Å². The molecule has 2 heterocycles. The number of carbonyl (C=O) groups is 3. The van der Waals surface area contributed by atoms with Gasteiger partial charge in [0.15, 0.2) is 0 Å². The van der Waals surface area contributed by atoms with E-state index in [1.807, 2.05) is 5.32 Å². The number of nitrogens with two attached hydrogens (primary N) is 2. The predicted octanol–water partition coefficient (Wildman–Crippen LogP) is -0.257. The number of hydrogen-bond acceptors (Lipinski definition) is 9. The number of anilines is 4. The first-order valence-corrected chi connectivity index (χ1v) is 10.5. The number of primary amides is 2. The third-order valence-electron chi connectivity index (χ3n) is 4.82. The molecule has 1 aliphatic rings. The van der Waals surface area contributed by atoms with Gasteiger partial charge in [0.05, 0.1) is 13.0 Å². The Bertz CT molecular complexity index is 1280. The molecule has 0 aliphatic carbocycles. The minimum atomic E-state index is -5.60. The number of carbonyl (C=O) groups excluding carboxylic acids is 3. The molecule has 8 N–H and O–H groups in total. The molecule has 0 radical (unpaired) electrons. The van der Waals surface area contributed by atoms with Crippen LogP contribution < -0.4 is 27.4 Å². The van der Waals surface area contributed by atoms with Crippen LogP contribution in [0.3, 0.4) is 0 Å². The predicted molar refractivity (Wildman–Crippen MR) is 110 cm³/mol. The molecule has 0 saturated carbocycles. The van der Waals surface area contributed by atoms with Gasteiger partial charge < -0.3 is 27.4 Å². The van der Waals surface area contributed by atoms with E-state index in [4.69, 9.17) is 11.5 Å². The third-order valence-corrected chi connectivity index (χ3v) is 6.25. The quantitative estimate of drug-likeness (QED) is 0.205. The first-order valence-electron chi connectivity index (χ1n) is 9.10. The first kappa shape index (κ1) is 24.6. The van der Waals surface area contributed by atoms with E-state index in [-0.39, 0.29) is 12.3 Å². The zero-order valence-corrected chi connectivity index (χ0v) is 17.6. The molecule has 0 saturated heterocycles. The summed E-state index contributed by atoms with van der Waals surface area (Å²) in [5.41, 5.74) is 9.83. The van der Waals surface area contributed by atoms with E-state index in [2.05, 4.69) is 20.6 Å². The van der Waals surface area contributed by atoms with Crippen LogP contribution in [-0.4, -0.2) is 52.0 Å². The molecular formula is C17H16F3N7O6S. The van der Waals surface area contributed by atoms with E-state index >= 15 is 0 Å². The van der Waals surface area contributed by atoms with Crippen molar-refractivity contribution in [2.75, 3.05) is 22.5 Å². The monoisotopic (exact) mass is 503 g/mol. The molecule has 3 rings (SSSR count). The van der Waals surface area contributed by atoms with E-state index in [9.17, 15) is 40.5 Å². The maximum atomic E-state index is 13.4. The number of halogens is 3. The summed E-state index contributed by atoms with van der Waals surface area (Å²) in [5, 5.41) is 7.12. The highest BCUT2D eigenvalue weighted by Crippen LogP contribution is 2.35. The summed E-state index contributed by atoms with van der Waals surface area (Å²) in [6.45, 7) is -1.46. The van der Waals surface area contributed by atoms with Crippen LogP contribution in [0.4, 0.5) is 36.3 Å². The van der Waals surface area contributed by atoms with Gasteiger partial charge in [-0.15, -0.1) is 0 Å². The second-order valence-electron chi connectivity index (χ2n) is 7.06. The molecule has 17 heteroatoms. The van der Waals surface area contributed by atoms with Crippen molar-refractivity contribution in [3.8, 4) is 0 Å². The molecule has 0 spiro atoms. The second kappa shape index (κ2) is 8.41. The Labute approximate surface area is 188 Å². The summed E-state index contributed by atoms with van der Waals surface area (Å²) in [7, 11) is -5.60. The molecular weight excluding hydrogens is 487 g/mol. The molecule has 0 bridgehead atoms. The maximum absolute atomic E-state index is 13.4. The molecule has 34 heavy (non-hydrogen) atoms. The lowest BCUT2D eigenvalue weighted by molar-refractivity contribution is -0.137. The summed E-state index contributed by atoms with van der Waals surface area (Å²) in [6, 6.07) is 4.57. The lowest BCUT2D eigenvalue weighted by Crippen LogP contribution is -2.63. The van der Waals surface area contributed by atoms with E-state index in [0.29, 0.717) is 23.1 Å². The van der Waals surface area contributed by atoms with Gasteiger partial charge in [-0.3, -0.25) is 18.9 Å². The molecule has 1 aromatic heterocycles. The summed E-state index contributed by atoms with van der Waals surface area (Å²) in [5.74, 6) is -5.52. The van der Waals surface area contributed by atoms with Crippen LogP contribution in [0.2, 0.25) is 0 Å². The first-order chi connectivity index (χ1) is 15.6. The van der Waals surface area contributed by atoms with Crippen LogP contribution in [0.25, 0.3) is 0 Å². The number of benzene rings is 1. The Morgan fingerprint density at radius 1 is 1.21 bits per heavy atom. The van der Waals surface area contributed by atoms with Crippen LogP contribution in [0.1, 0.15) is 11.1 Å². The number of rotatable bonds is 8. The van der Waals surface area contributed by atoms with Crippen LogP contribution in [0, 0.1) is 0 Å². The van der Waals surface area contributed by atoms with Crippen molar-refractivity contribution in [1.82, 2.24) is 9.97 Å². The smallest absolute Gasteiger partial charge is 0.368 e. The highest BCUT2D eigenvalue weighted by Gasteiger charge is 2.55. The SMILES string of the molecule is NC(=O)C(CNc1nc(Nc2ccc3c(c2)CC(=O)N3)ncc1C(F)(F)F)(C(N)=O)S(=O)(=O)O. The Balaban J connectivity index is 1.97. The van der Waals surface area contributed by atoms with E-state index in [1.165, 1.54) is 12.1 Å². The number of amides is 3. The van der Waals surface area contributed by atoms with E-state index in [0.717, 1.165) is 0 Å². The van der Waals surface area contributed by atoms with E-state index < -0.39 is 56.7 Å². The molecule has 0 unspecified atom stereocenters. The van der Waals surface area contributed by atoms with Gasteiger partial charge >= 0.3 is 6.18 Å². The summed E-state index contributed by atoms with van der Waals surface area (Å²) in [6.07, 6.45) is -4.59. The molecule has 2 aromatic rings.